The number of carbonyl (C=O) groups excluding carboxylic acids is 1. The number of nitrogens with one attached hydrogen (secondary N) is 1. The first-order valence-electron chi connectivity index (χ1n) is 5.95. The number of benzene rings is 2. The molecule has 2 rings (SSSR count). The molecule has 110 valence electrons. The molecule has 0 aliphatic carbocycles. The van der Waals surface area contributed by atoms with Crippen LogP contribution in [-0.4, -0.2) is 15.9 Å². The largest absolute Gasteiger partial charge is 0.398 e. The highest BCUT2D eigenvalue weighted by atomic mass is 35.5. The SMILES string of the molecule is Nc1cccc(Cl)c1S(=O)CC(=O)Nc1cccc(Cl)c1. The fraction of sp³-hybridized carbons (Fsp3) is 0.0714. The molecule has 3 N–H and O–H groups in total. The molecule has 0 fully saturated rings. The number of anilines is 2. The van der Waals surface area contributed by atoms with Crippen molar-refractivity contribution in [1.82, 2.24) is 0 Å². The van der Waals surface area contributed by atoms with Crippen LogP contribution in [0.15, 0.2) is 47.4 Å². The maximum Gasteiger partial charge on any atom is 0.237 e. The molecule has 0 aliphatic rings. The first kappa shape index (κ1) is 15.8. The Morgan fingerprint density at radius 1 is 1.19 bits per heavy atom. The summed E-state index contributed by atoms with van der Waals surface area (Å²) in [6.07, 6.45) is 0. The van der Waals surface area contributed by atoms with Gasteiger partial charge in [0.15, 0.2) is 0 Å². The fourth-order valence-electron chi connectivity index (χ4n) is 1.72. The van der Waals surface area contributed by atoms with Gasteiger partial charge in [0.1, 0.15) is 5.75 Å². The van der Waals surface area contributed by atoms with Crippen molar-refractivity contribution >= 4 is 51.3 Å². The van der Waals surface area contributed by atoms with E-state index in [2.05, 4.69) is 5.32 Å². The second-order valence-corrected chi connectivity index (χ2v) is 6.44. The van der Waals surface area contributed by atoms with Crippen LogP contribution >= 0.6 is 23.2 Å². The molecule has 2 aromatic carbocycles. The maximum atomic E-state index is 12.2. The summed E-state index contributed by atoms with van der Waals surface area (Å²) in [5, 5.41) is 3.41. The zero-order valence-electron chi connectivity index (χ0n) is 10.8. The van der Waals surface area contributed by atoms with Gasteiger partial charge in [-0.15, -0.1) is 0 Å². The number of nitrogen functional groups attached to an aromatic ring is 1. The lowest BCUT2D eigenvalue weighted by Gasteiger charge is -2.08. The first-order chi connectivity index (χ1) is 9.97. The summed E-state index contributed by atoms with van der Waals surface area (Å²) < 4.78 is 12.2. The van der Waals surface area contributed by atoms with Gasteiger partial charge in [0.2, 0.25) is 5.91 Å². The normalized spacial score (nSPS) is 11.9. The van der Waals surface area contributed by atoms with E-state index < -0.39 is 16.7 Å². The van der Waals surface area contributed by atoms with Crippen LogP contribution in [0.1, 0.15) is 0 Å². The van der Waals surface area contributed by atoms with Gasteiger partial charge < -0.3 is 11.1 Å². The van der Waals surface area contributed by atoms with Gasteiger partial charge in [0, 0.05) is 16.4 Å². The van der Waals surface area contributed by atoms with Crippen molar-refractivity contribution in [3.8, 4) is 0 Å². The van der Waals surface area contributed by atoms with Gasteiger partial charge >= 0.3 is 0 Å². The van der Waals surface area contributed by atoms with Crippen LogP contribution in [0.2, 0.25) is 10.0 Å². The van der Waals surface area contributed by atoms with Gasteiger partial charge in [-0.1, -0.05) is 35.3 Å². The highest BCUT2D eigenvalue weighted by molar-refractivity contribution is 7.86. The Kier molecular flexibility index (Phi) is 5.22. The molecular formula is C14H12Cl2N2O2S. The number of carbonyl (C=O) groups is 1. The lowest BCUT2D eigenvalue weighted by Crippen LogP contribution is -2.20. The smallest absolute Gasteiger partial charge is 0.237 e. The Labute approximate surface area is 134 Å². The number of amides is 1. The topological polar surface area (TPSA) is 72.2 Å². The van der Waals surface area contributed by atoms with E-state index >= 15 is 0 Å². The van der Waals surface area contributed by atoms with Crippen molar-refractivity contribution in [2.45, 2.75) is 4.90 Å². The molecule has 0 aromatic heterocycles. The highest BCUT2D eigenvalue weighted by Crippen LogP contribution is 2.26. The van der Waals surface area contributed by atoms with Gasteiger partial charge in [-0.3, -0.25) is 9.00 Å². The van der Waals surface area contributed by atoms with Crippen LogP contribution in [0.25, 0.3) is 0 Å². The van der Waals surface area contributed by atoms with Crippen molar-refractivity contribution < 1.29 is 9.00 Å². The molecule has 0 radical (unpaired) electrons. The minimum absolute atomic E-state index is 0.236. The predicted octanol–water partition coefficient (Wildman–Crippen LogP) is 3.32. The van der Waals surface area contributed by atoms with Gasteiger partial charge in [0.25, 0.3) is 0 Å². The third-order valence-corrected chi connectivity index (χ3v) is 4.69. The number of hydrogen-bond acceptors (Lipinski definition) is 3. The summed E-state index contributed by atoms with van der Waals surface area (Å²) in [5.41, 5.74) is 6.58. The molecular weight excluding hydrogens is 331 g/mol. The molecule has 2 aromatic rings. The van der Waals surface area contributed by atoms with Crippen molar-refractivity contribution in [2.24, 2.45) is 0 Å². The van der Waals surface area contributed by atoms with Gasteiger partial charge in [-0.2, -0.15) is 0 Å². The van der Waals surface area contributed by atoms with Crippen LogP contribution in [0.4, 0.5) is 11.4 Å². The summed E-state index contributed by atoms with van der Waals surface area (Å²) in [4.78, 5) is 12.2. The monoisotopic (exact) mass is 342 g/mol. The van der Waals surface area contributed by atoms with E-state index in [1.807, 2.05) is 0 Å². The Bertz CT molecular complexity index is 687. The Balaban J connectivity index is 2.08. The van der Waals surface area contributed by atoms with Crippen molar-refractivity contribution in [2.75, 3.05) is 16.8 Å². The molecule has 0 saturated heterocycles. The summed E-state index contributed by atoms with van der Waals surface area (Å²) in [6.45, 7) is 0. The Morgan fingerprint density at radius 2 is 1.90 bits per heavy atom. The predicted molar refractivity (Wildman–Crippen MR) is 87.2 cm³/mol. The quantitative estimate of drug-likeness (QED) is 0.837. The lowest BCUT2D eigenvalue weighted by atomic mass is 10.3. The zero-order chi connectivity index (χ0) is 15.4. The average molecular weight is 343 g/mol. The summed E-state index contributed by atoms with van der Waals surface area (Å²) >= 11 is 11.8. The Morgan fingerprint density at radius 3 is 2.57 bits per heavy atom. The van der Waals surface area contributed by atoms with Crippen molar-refractivity contribution in [3.05, 3.63) is 52.5 Å². The van der Waals surface area contributed by atoms with Crippen molar-refractivity contribution in [3.63, 3.8) is 0 Å². The molecule has 1 amide bonds. The van der Waals surface area contributed by atoms with Crippen LogP contribution in [0.3, 0.4) is 0 Å². The fourth-order valence-corrected chi connectivity index (χ4v) is 3.42. The number of nitrogens with two attached hydrogens (primary N) is 1. The van der Waals surface area contributed by atoms with Crippen LogP contribution in [-0.2, 0) is 15.6 Å². The number of hydrogen-bond donors (Lipinski definition) is 2. The molecule has 4 nitrogen and oxygen atoms in total. The van der Waals surface area contributed by atoms with E-state index in [1.165, 1.54) is 0 Å². The maximum absolute atomic E-state index is 12.2. The van der Waals surface area contributed by atoms with E-state index in [4.69, 9.17) is 28.9 Å². The number of rotatable bonds is 4. The Hall–Kier alpha value is -1.56. The van der Waals surface area contributed by atoms with E-state index in [0.29, 0.717) is 16.4 Å². The molecule has 0 saturated carbocycles. The summed E-state index contributed by atoms with van der Waals surface area (Å²) in [6, 6.07) is 11.5. The van der Waals surface area contributed by atoms with Crippen LogP contribution in [0.5, 0.6) is 0 Å². The third kappa shape index (κ3) is 4.20. The van der Waals surface area contributed by atoms with Crippen LogP contribution in [0, 0.1) is 0 Å². The molecule has 21 heavy (non-hydrogen) atoms. The molecule has 0 aliphatic heterocycles. The van der Waals surface area contributed by atoms with Gasteiger partial charge in [0.05, 0.1) is 20.7 Å². The minimum atomic E-state index is -1.62. The van der Waals surface area contributed by atoms with E-state index in [-0.39, 0.29) is 15.7 Å². The second-order valence-electron chi connectivity index (χ2n) is 4.21. The number of halogens is 2. The zero-order valence-corrected chi connectivity index (χ0v) is 13.1. The van der Waals surface area contributed by atoms with Gasteiger partial charge in [-0.05, 0) is 30.3 Å². The highest BCUT2D eigenvalue weighted by Gasteiger charge is 2.16. The van der Waals surface area contributed by atoms with Crippen LogP contribution < -0.4 is 11.1 Å². The summed E-state index contributed by atoms with van der Waals surface area (Å²) in [7, 11) is -1.62. The van der Waals surface area contributed by atoms with E-state index in [0.717, 1.165) is 0 Å². The van der Waals surface area contributed by atoms with E-state index in [1.54, 1.807) is 42.5 Å². The molecule has 1 unspecified atom stereocenters. The molecule has 0 spiro atoms. The van der Waals surface area contributed by atoms with E-state index in [9.17, 15) is 9.00 Å². The summed E-state index contributed by atoms with van der Waals surface area (Å²) in [5.74, 6) is -0.643. The minimum Gasteiger partial charge on any atom is -0.398 e. The van der Waals surface area contributed by atoms with Crippen molar-refractivity contribution in [1.29, 1.82) is 0 Å². The molecule has 1 atom stereocenters. The second kappa shape index (κ2) is 6.93. The standard InChI is InChI=1S/C14H12Cl2N2O2S/c15-9-3-1-4-10(7-9)18-13(19)8-21(20)14-11(16)5-2-6-12(14)17/h1-7H,8,17H2,(H,18,19). The average Bonchev–Trinajstić information content (AvgIpc) is 2.38. The lowest BCUT2D eigenvalue weighted by molar-refractivity contribution is -0.113. The van der Waals surface area contributed by atoms with Gasteiger partial charge in [-0.25, -0.2) is 0 Å². The first-order valence-corrected chi connectivity index (χ1v) is 8.02. The molecule has 7 heteroatoms. The third-order valence-electron chi connectivity index (χ3n) is 2.60. The molecule has 0 heterocycles. The molecule has 0 bridgehead atoms.